The third-order valence-electron chi connectivity index (χ3n) is 3.44. The van der Waals surface area contributed by atoms with Gasteiger partial charge in [-0.1, -0.05) is 81.2 Å². The number of aryl methyl sites for hydroxylation is 1. The SMILES string of the molecule is CCc1ccc(CC(CBr)c2ccccc2Br)cc1. The second-order valence-electron chi connectivity index (χ2n) is 4.75. The summed E-state index contributed by atoms with van der Waals surface area (Å²) in [6, 6.07) is 17.5. The monoisotopic (exact) mass is 380 g/mol. The highest BCUT2D eigenvalue weighted by Crippen LogP contribution is 2.29. The molecule has 2 rings (SSSR count). The summed E-state index contributed by atoms with van der Waals surface area (Å²) in [6.07, 6.45) is 2.17. The second kappa shape index (κ2) is 7.25. The van der Waals surface area contributed by atoms with Crippen molar-refractivity contribution in [2.45, 2.75) is 25.7 Å². The molecular formula is C17H18Br2. The van der Waals surface area contributed by atoms with E-state index in [0.717, 1.165) is 18.2 Å². The van der Waals surface area contributed by atoms with Crippen molar-refractivity contribution in [2.75, 3.05) is 5.33 Å². The van der Waals surface area contributed by atoms with Crippen LogP contribution in [0, 0.1) is 0 Å². The van der Waals surface area contributed by atoms with Gasteiger partial charge < -0.3 is 0 Å². The van der Waals surface area contributed by atoms with Crippen LogP contribution in [0.4, 0.5) is 0 Å². The predicted octanol–water partition coefficient (Wildman–Crippen LogP) is 5.73. The van der Waals surface area contributed by atoms with E-state index in [1.165, 1.54) is 21.2 Å². The molecule has 0 spiro atoms. The lowest BCUT2D eigenvalue weighted by atomic mass is 9.93. The first-order chi connectivity index (χ1) is 9.24. The molecule has 19 heavy (non-hydrogen) atoms. The maximum atomic E-state index is 3.65. The van der Waals surface area contributed by atoms with E-state index in [1.54, 1.807) is 0 Å². The van der Waals surface area contributed by atoms with Gasteiger partial charge in [0.25, 0.3) is 0 Å². The van der Waals surface area contributed by atoms with E-state index in [-0.39, 0.29) is 0 Å². The number of alkyl halides is 1. The van der Waals surface area contributed by atoms with Gasteiger partial charge in [-0.2, -0.15) is 0 Å². The third-order valence-corrected chi connectivity index (χ3v) is 4.95. The van der Waals surface area contributed by atoms with Crippen molar-refractivity contribution in [3.63, 3.8) is 0 Å². The van der Waals surface area contributed by atoms with Gasteiger partial charge in [-0.05, 0) is 41.5 Å². The largest absolute Gasteiger partial charge is 0.0921 e. The zero-order valence-corrected chi connectivity index (χ0v) is 14.2. The molecule has 0 N–H and O–H groups in total. The first-order valence-corrected chi connectivity index (χ1v) is 8.54. The van der Waals surface area contributed by atoms with Gasteiger partial charge in [0.1, 0.15) is 0 Å². The van der Waals surface area contributed by atoms with Gasteiger partial charge in [-0.15, -0.1) is 0 Å². The number of rotatable bonds is 5. The summed E-state index contributed by atoms with van der Waals surface area (Å²) in [5.74, 6) is 0.503. The quantitative estimate of drug-likeness (QED) is 0.580. The minimum Gasteiger partial charge on any atom is -0.0921 e. The predicted molar refractivity (Wildman–Crippen MR) is 90.2 cm³/mol. The molecule has 0 nitrogen and oxygen atoms in total. The van der Waals surface area contributed by atoms with Crippen LogP contribution in [0.25, 0.3) is 0 Å². The molecule has 0 aliphatic carbocycles. The lowest BCUT2D eigenvalue weighted by Gasteiger charge is -2.16. The molecule has 0 aromatic heterocycles. The van der Waals surface area contributed by atoms with Crippen molar-refractivity contribution in [3.8, 4) is 0 Å². The van der Waals surface area contributed by atoms with Crippen LogP contribution in [0.2, 0.25) is 0 Å². The van der Waals surface area contributed by atoms with Crippen molar-refractivity contribution in [3.05, 3.63) is 69.7 Å². The van der Waals surface area contributed by atoms with Crippen LogP contribution < -0.4 is 0 Å². The lowest BCUT2D eigenvalue weighted by Crippen LogP contribution is -2.05. The van der Waals surface area contributed by atoms with Gasteiger partial charge in [0.2, 0.25) is 0 Å². The van der Waals surface area contributed by atoms with Crippen LogP contribution in [-0.4, -0.2) is 5.33 Å². The first kappa shape index (κ1) is 14.8. The average Bonchev–Trinajstić information content (AvgIpc) is 2.46. The molecule has 0 aliphatic rings. The third kappa shape index (κ3) is 3.93. The normalized spacial score (nSPS) is 12.4. The molecule has 0 amide bonds. The van der Waals surface area contributed by atoms with Crippen molar-refractivity contribution in [2.24, 2.45) is 0 Å². The highest BCUT2D eigenvalue weighted by atomic mass is 79.9. The molecule has 0 heterocycles. The zero-order valence-electron chi connectivity index (χ0n) is 11.1. The van der Waals surface area contributed by atoms with E-state index in [1.807, 2.05) is 0 Å². The molecule has 1 atom stereocenters. The zero-order chi connectivity index (χ0) is 13.7. The van der Waals surface area contributed by atoms with Gasteiger partial charge in [-0.25, -0.2) is 0 Å². The Bertz CT molecular complexity index is 517. The van der Waals surface area contributed by atoms with E-state index in [0.29, 0.717) is 5.92 Å². The number of halogens is 2. The van der Waals surface area contributed by atoms with Crippen molar-refractivity contribution < 1.29 is 0 Å². The summed E-state index contributed by atoms with van der Waals surface area (Å²) in [5, 5.41) is 0.977. The number of hydrogen-bond donors (Lipinski definition) is 0. The highest BCUT2D eigenvalue weighted by molar-refractivity contribution is 9.10. The summed E-state index contributed by atoms with van der Waals surface area (Å²) in [4.78, 5) is 0. The number of benzene rings is 2. The minimum absolute atomic E-state index is 0.503. The van der Waals surface area contributed by atoms with E-state index in [2.05, 4.69) is 87.3 Å². The van der Waals surface area contributed by atoms with Crippen LogP contribution in [-0.2, 0) is 12.8 Å². The maximum absolute atomic E-state index is 3.65. The van der Waals surface area contributed by atoms with Crippen LogP contribution >= 0.6 is 31.9 Å². The Labute approximate surface area is 132 Å². The first-order valence-electron chi connectivity index (χ1n) is 6.62. The Morgan fingerprint density at radius 2 is 1.58 bits per heavy atom. The molecule has 0 fully saturated rings. The summed E-state index contributed by atoms with van der Waals surface area (Å²) >= 11 is 7.30. The van der Waals surface area contributed by atoms with Crippen LogP contribution in [0.15, 0.2) is 53.0 Å². The standard InChI is InChI=1S/C17H18Br2/c1-2-13-7-9-14(10-8-13)11-15(12-18)16-5-3-4-6-17(16)19/h3-10,15H,2,11-12H2,1H3. The minimum atomic E-state index is 0.503. The second-order valence-corrected chi connectivity index (χ2v) is 6.25. The van der Waals surface area contributed by atoms with E-state index < -0.39 is 0 Å². The summed E-state index contributed by atoms with van der Waals surface area (Å²) < 4.78 is 1.20. The maximum Gasteiger partial charge on any atom is 0.0210 e. The Morgan fingerprint density at radius 1 is 0.947 bits per heavy atom. The molecule has 2 aromatic rings. The molecular weight excluding hydrogens is 364 g/mol. The summed E-state index contributed by atoms with van der Waals surface area (Å²) in [5.41, 5.74) is 4.18. The highest BCUT2D eigenvalue weighted by Gasteiger charge is 2.13. The van der Waals surface area contributed by atoms with Gasteiger partial charge in [0.15, 0.2) is 0 Å². The van der Waals surface area contributed by atoms with Crippen molar-refractivity contribution in [1.82, 2.24) is 0 Å². The van der Waals surface area contributed by atoms with E-state index >= 15 is 0 Å². The van der Waals surface area contributed by atoms with Crippen molar-refractivity contribution >= 4 is 31.9 Å². The van der Waals surface area contributed by atoms with E-state index in [9.17, 15) is 0 Å². The summed E-state index contributed by atoms with van der Waals surface area (Å²) in [7, 11) is 0. The van der Waals surface area contributed by atoms with Crippen molar-refractivity contribution in [1.29, 1.82) is 0 Å². The Morgan fingerprint density at radius 3 is 2.16 bits per heavy atom. The topological polar surface area (TPSA) is 0 Å². The smallest absolute Gasteiger partial charge is 0.0210 e. The summed E-state index contributed by atoms with van der Waals surface area (Å²) in [6.45, 7) is 2.19. The molecule has 0 aliphatic heterocycles. The Kier molecular flexibility index (Phi) is 5.65. The molecule has 0 bridgehead atoms. The van der Waals surface area contributed by atoms with Gasteiger partial charge in [-0.3, -0.25) is 0 Å². The molecule has 2 heteroatoms. The van der Waals surface area contributed by atoms with Gasteiger partial charge >= 0.3 is 0 Å². The molecule has 2 aromatic carbocycles. The number of hydrogen-bond acceptors (Lipinski definition) is 0. The molecule has 1 unspecified atom stereocenters. The molecule has 0 saturated heterocycles. The van der Waals surface area contributed by atoms with Gasteiger partial charge in [0, 0.05) is 9.80 Å². The van der Waals surface area contributed by atoms with Gasteiger partial charge in [0.05, 0.1) is 0 Å². The fourth-order valence-corrected chi connectivity index (χ4v) is 3.44. The average molecular weight is 382 g/mol. The van der Waals surface area contributed by atoms with Crippen LogP contribution in [0.1, 0.15) is 29.5 Å². The molecule has 100 valence electrons. The molecule has 0 radical (unpaired) electrons. The lowest BCUT2D eigenvalue weighted by molar-refractivity contribution is 0.771. The Hall–Kier alpha value is -0.600. The van der Waals surface area contributed by atoms with Crippen LogP contribution in [0.5, 0.6) is 0 Å². The van der Waals surface area contributed by atoms with Crippen LogP contribution in [0.3, 0.4) is 0 Å². The molecule has 0 saturated carbocycles. The van der Waals surface area contributed by atoms with E-state index in [4.69, 9.17) is 0 Å². The fraction of sp³-hybridized carbons (Fsp3) is 0.294. The Balaban J connectivity index is 2.17. The fourth-order valence-electron chi connectivity index (χ4n) is 2.25.